The molecule has 0 spiro atoms. The molecular formula is C15H19BrFN. The maximum atomic E-state index is 13.2. The van der Waals surface area contributed by atoms with Gasteiger partial charge in [-0.1, -0.05) is 6.07 Å². The topological polar surface area (TPSA) is 26.0 Å². The summed E-state index contributed by atoms with van der Waals surface area (Å²) in [6.07, 6.45) is 6.32. The molecule has 0 saturated heterocycles. The lowest BCUT2D eigenvalue weighted by Gasteiger charge is -2.23. The zero-order valence-electron chi connectivity index (χ0n) is 10.4. The summed E-state index contributed by atoms with van der Waals surface area (Å²) in [5, 5.41) is 0. The molecule has 2 aliphatic carbocycles. The monoisotopic (exact) mass is 311 g/mol. The van der Waals surface area contributed by atoms with Crippen molar-refractivity contribution in [1.29, 1.82) is 0 Å². The van der Waals surface area contributed by atoms with E-state index in [1.165, 1.54) is 31.7 Å². The first-order valence-electron chi connectivity index (χ1n) is 6.84. The lowest BCUT2D eigenvalue weighted by molar-refractivity contribution is 0.328. The molecule has 0 aromatic heterocycles. The number of rotatable bonds is 5. The van der Waals surface area contributed by atoms with E-state index < -0.39 is 0 Å². The van der Waals surface area contributed by atoms with Gasteiger partial charge in [0.15, 0.2) is 0 Å². The van der Waals surface area contributed by atoms with E-state index in [1.807, 2.05) is 12.1 Å². The quantitative estimate of drug-likeness (QED) is 0.877. The number of hydrogen-bond donors (Lipinski definition) is 1. The van der Waals surface area contributed by atoms with Crippen molar-refractivity contribution >= 4 is 15.9 Å². The van der Waals surface area contributed by atoms with Crippen LogP contribution in [0, 0.1) is 23.6 Å². The van der Waals surface area contributed by atoms with Gasteiger partial charge in [0.05, 0.1) is 4.47 Å². The fourth-order valence-electron chi connectivity index (χ4n) is 3.12. The van der Waals surface area contributed by atoms with Gasteiger partial charge >= 0.3 is 0 Å². The Kier molecular flexibility index (Phi) is 3.46. The van der Waals surface area contributed by atoms with E-state index in [1.54, 1.807) is 0 Å². The molecule has 1 nitrogen and oxygen atoms in total. The summed E-state index contributed by atoms with van der Waals surface area (Å²) in [5.41, 5.74) is 7.55. The van der Waals surface area contributed by atoms with Crippen molar-refractivity contribution in [2.75, 3.05) is 0 Å². The van der Waals surface area contributed by atoms with Gasteiger partial charge in [0, 0.05) is 6.04 Å². The van der Waals surface area contributed by atoms with Crippen LogP contribution < -0.4 is 5.73 Å². The third-order valence-electron chi connectivity index (χ3n) is 4.28. The van der Waals surface area contributed by atoms with Crippen LogP contribution in [0.4, 0.5) is 4.39 Å². The molecule has 1 aromatic carbocycles. The van der Waals surface area contributed by atoms with Crippen molar-refractivity contribution < 1.29 is 4.39 Å². The van der Waals surface area contributed by atoms with Gasteiger partial charge in [0.1, 0.15) is 5.82 Å². The van der Waals surface area contributed by atoms with E-state index >= 15 is 0 Å². The molecule has 98 valence electrons. The Morgan fingerprint density at radius 2 is 1.83 bits per heavy atom. The number of nitrogens with two attached hydrogens (primary N) is 1. The van der Waals surface area contributed by atoms with Crippen molar-refractivity contribution in [3.05, 3.63) is 34.1 Å². The second kappa shape index (κ2) is 4.93. The van der Waals surface area contributed by atoms with E-state index in [2.05, 4.69) is 15.9 Å². The van der Waals surface area contributed by atoms with Crippen LogP contribution in [0.25, 0.3) is 0 Å². The third-order valence-corrected chi connectivity index (χ3v) is 4.89. The fraction of sp³-hybridized carbons (Fsp3) is 0.600. The summed E-state index contributed by atoms with van der Waals surface area (Å²) >= 11 is 3.24. The summed E-state index contributed by atoms with van der Waals surface area (Å²) in [7, 11) is 0. The number of benzene rings is 1. The second-order valence-corrected chi connectivity index (χ2v) is 6.72. The molecule has 0 amide bonds. The SMILES string of the molecule is NC(Cc1ccc(F)c(Br)c1)C(C1CC1)C1CC1. The van der Waals surface area contributed by atoms with E-state index in [-0.39, 0.29) is 11.9 Å². The Labute approximate surface area is 116 Å². The van der Waals surface area contributed by atoms with Crippen LogP contribution in [0.15, 0.2) is 22.7 Å². The zero-order valence-corrected chi connectivity index (χ0v) is 12.0. The highest BCUT2D eigenvalue weighted by Crippen LogP contribution is 2.50. The molecule has 1 aromatic rings. The van der Waals surface area contributed by atoms with Gasteiger partial charge in [-0.2, -0.15) is 0 Å². The first-order chi connectivity index (χ1) is 8.65. The number of hydrogen-bond acceptors (Lipinski definition) is 1. The van der Waals surface area contributed by atoms with E-state index in [0.717, 1.165) is 23.8 Å². The minimum absolute atomic E-state index is 0.201. The van der Waals surface area contributed by atoms with E-state index in [9.17, 15) is 4.39 Å². The van der Waals surface area contributed by atoms with Gasteiger partial charge in [0.25, 0.3) is 0 Å². The third kappa shape index (κ3) is 2.77. The molecule has 2 aliphatic rings. The summed E-state index contributed by atoms with van der Waals surface area (Å²) in [5.74, 6) is 2.25. The normalized spacial score (nSPS) is 21.3. The van der Waals surface area contributed by atoms with Gasteiger partial charge in [-0.3, -0.25) is 0 Å². The number of halogens is 2. The van der Waals surface area contributed by atoms with Gasteiger partial charge in [-0.25, -0.2) is 4.39 Å². The standard InChI is InChI=1S/C15H19BrFN/c16-12-7-9(1-6-13(12)17)8-14(18)15(10-2-3-10)11-4-5-11/h1,6-7,10-11,14-15H,2-5,8,18H2. The Bertz CT molecular complexity index is 428. The molecule has 2 saturated carbocycles. The van der Waals surface area contributed by atoms with Gasteiger partial charge in [-0.15, -0.1) is 0 Å². The predicted molar refractivity (Wildman–Crippen MR) is 74.7 cm³/mol. The highest BCUT2D eigenvalue weighted by atomic mass is 79.9. The Morgan fingerprint density at radius 3 is 2.33 bits per heavy atom. The summed E-state index contributed by atoms with van der Waals surface area (Å²) in [6, 6.07) is 5.49. The van der Waals surface area contributed by atoms with Crippen molar-refractivity contribution in [1.82, 2.24) is 0 Å². The molecule has 2 N–H and O–H groups in total. The van der Waals surface area contributed by atoms with Crippen LogP contribution in [-0.2, 0) is 6.42 Å². The van der Waals surface area contributed by atoms with Crippen LogP contribution in [0.3, 0.4) is 0 Å². The smallest absolute Gasteiger partial charge is 0.137 e. The molecular weight excluding hydrogens is 293 g/mol. The van der Waals surface area contributed by atoms with Crippen LogP contribution in [-0.4, -0.2) is 6.04 Å². The Hall–Kier alpha value is -0.410. The highest BCUT2D eigenvalue weighted by molar-refractivity contribution is 9.10. The first kappa shape index (κ1) is 12.6. The highest BCUT2D eigenvalue weighted by Gasteiger charge is 2.44. The van der Waals surface area contributed by atoms with Gasteiger partial charge < -0.3 is 5.73 Å². The average molecular weight is 312 g/mol. The van der Waals surface area contributed by atoms with Crippen molar-refractivity contribution in [2.24, 2.45) is 23.5 Å². The van der Waals surface area contributed by atoms with Gasteiger partial charge in [-0.05, 0) is 83.5 Å². The van der Waals surface area contributed by atoms with Crippen LogP contribution in [0.5, 0.6) is 0 Å². The average Bonchev–Trinajstić information content (AvgIpc) is 3.17. The minimum atomic E-state index is -0.201. The maximum absolute atomic E-state index is 13.2. The second-order valence-electron chi connectivity index (χ2n) is 5.87. The molecule has 3 heteroatoms. The van der Waals surface area contributed by atoms with Crippen molar-refractivity contribution in [2.45, 2.75) is 38.1 Å². The summed E-state index contributed by atoms with van der Waals surface area (Å²) in [6.45, 7) is 0. The predicted octanol–water partition coefficient (Wildman–Crippen LogP) is 3.89. The van der Waals surface area contributed by atoms with E-state index in [4.69, 9.17) is 5.73 Å². The first-order valence-corrected chi connectivity index (χ1v) is 7.64. The lowest BCUT2D eigenvalue weighted by atomic mass is 9.86. The zero-order chi connectivity index (χ0) is 12.7. The van der Waals surface area contributed by atoms with Crippen LogP contribution in [0.1, 0.15) is 31.2 Å². The Morgan fingerprint density at radius 1 is 1.22 bits per heavy atom. The molecule has 3 rings (SSSR count). The summed E-state index contributed by atoms with van der Waals surface area (Å²) in [4.78, 5) is 0. The molecule has 2 fully saturated rings. The molecule has 0 aliphatic heterocycles. The molecule has 18 heavy (non-hydrogen) atoms. The lowest BCUT2D eigenvalue weighted by Crippen LogP contribution is -2.35. The Balaban J connectivity index is 1.68. The van der Waals surface area contributed by atoms with Crippen molar-refractivity contribution in [3.8, 4) is 0 Å². The maximum Gasteiger partial charge on any atom is 0.137 e. The molecule has 1 atom stereocenters. The van der Waals surface area contributed by atoms with Crippen LogP contribution >= 0.6 is 15.9 Å². The van der Waals surface area contributed by atoms with E-state index in [0.29, 0.717) is 10.4 Å². The van der Waals surface area contributed by atoms with Crippen molar-refractivity contribution in [3.63, 3.8) is 0 Å². The van der Waals surface area contributed by atoms with Gasteiger partial charge in [0.2, 0.25) is 0 Å². The molecule has 1 unspecified atom stereocenters. The fourth-order valence-corrected chi connectivity index (χ4v) is 3.55. The molecule has 0 heterocycles. The summed E-state index contributed by atoms with van der Waals surface area (Å²) < 4.78 is 13.7. The minimum Gasteiger partial charge on any atom is -0.327 e. The largest absolute Gasteiger partial charge is 0.327 e. The van der Waals surface area contributed by atoms with Crippen LogP contribution in [0.2, 0.25) is 0 Å². The molecule has 0 bridgehead atoms. The molecule has 0 radical (unpaired) electrons.